The van der Waals surface area contributed by atoms with Crippen molar-refractivity contribution in [3.05, 3.63) is 41.7 Å². The first kappa shape index (κ1) is 28.3. The average Bonchev–Trinajstić information content (AvgIpc) is 3.31. The molecule has 40 heavy (non-hydrogen) atoms. The van der Waals surface area contributed by atoms with Crippen LogP contribution < -0.4 is 5.32 Å². The minimum atomic E-state index is -0.596. The summed E-state index contributed by atoms with van der Waals surface area (Å²) in [6, 6.07) is 6.19. The molecule has 2 unspecified atom stereocenters. The van der Waals surface area contributed by atoms with Crippen LogP contribution in [0.4, 0.5) is 0 Å². The summed E-state index contributed by atoms with van der Waals surface area (Å²) in [7, 11) is 0. The van der Waals surface area contributed by atoms with Gasteiger partial charge in [-0.25, -0.2) is 0 Å². The number of nitrogens with one attached hydrogen (secondary N) is 1. The first-order valence-electron chi connectivity index (χ1n) is 15.9. The van der Waals surface area contributed by atoms with E-state index in [1.54, 1.807) is 5.57 Å². The van der Waals surface area contributed by atoms with E-state index in [1.165, 1.54) is 32.1 Å². The Morgan fingerprint density at radius 1 is 1.20 bits per heavy atom. The Kier molecular flexibility index (Phi) is 8.12. The summed E-state index contributed by atoms with van der Waals surface area (Å²) < 4.78 is 0. The maximum atomic E-state index is 10.8. The lowest BCUT2D eigenvalue weighted by molar-refractivity contribution is -0.0430. The summed E-state index contributed by atoms with van der Waals surface area (Å²) in [5.74, 6) is 2.67. The molecule has 0 spiro atoms. The van der Waals surface area contributed by atoms with Crippen LogP contribution in [0.15, 0.2) is 41.2 Å². The van der Waals surface area contributed by atoms with E-state index in [0.717, 1.165) is 68.1 Å². The molecule has 220 valence electrons. The predicted molar refractivity (Wildman–Crippen MR) is 158 cm³/mol. The molecule has 3 N–H and O–H groups in total. The van der Waals surface area contributed by atoms with E-state index in [-0.39, 0.29) is 29.6 Å². The van der Waals surface area contributed by atoms with Crippen LogP contribution in [-0.4, -0.2) is 70.8 Å². The van der Waals surface area contributed by atoms with Crippen molar-refractivity contribution >= 4 is 5.71 Å². The number of nitrogens with zero attached hydrogens (tertiary/aromatic N) is 3. The molecule has 7 nitrogen and oxygen atoms in total. The summed E-state index contributed by atoms with van der Waals surface area (Å²) >= 11 is 0. The molecule has 5 aliphatic rings. The highest BCUT2D eigenvalue weighted by molar-refractivity contribution is 5.85. The Morgan fingerprint density at radius 2 is 2.08 bits per heavy atom. The van der Waals surface area contributed by atoms with E-state index in [9.17, 15) is 10.2 Å². The third kappa shape index (κ3) is 5.16. The van der Waals surface area contributed by atoms with E-state index in [0.29, 0.717) is 12.5 Å². The highest BCUT2D eigenvalue weighted by atomic mass is 16.6. The second kappa shape index (κ2) is 11.5. The molecule has 3 saturated carbocycles. The number of hydrogen-bond donors (Lipinski definition) is 3. The Hall–Kier alpha value is -1.80. The normalized spacial score (nSPS) is 40.9. The van der Waals surface area contributed by atoms with Crippen LogP contribution in [0.3, 0.4) is 0 Å². The van der Waals surface area contributed by atoms with Gasteiger partial charge in [-0.15, -0.1) is 0 Å². The van der Waals surface area contributed by atoms with Gasteiger partial charge in [-0.3, -0.25) is 9.88 Å². The Balaban J connectivity index is 1.06. The minimum absolute atomic E-state index is 0.142. The molecule has 1 aromatic rings. The number of piperazine rings is 1. The molecule has 6 rings (SSSR count). The van der Waals surface area contributed by atoms with Crippen molar-refractivity contribution in [1.82, 2.24) is 15.2 Å². The van der Waals surface area contributed by atoms with Crippen LogP contribution >= 0.6 is 0 Å². The summed E-state index contributed by atoms with van der Waals surface area (Å²) in [5.41, 5.74) is 4.23. The van der Waals surface area contributed by atoms with E-state index in [4.69, 9.17) is 4.84 Å². The highest BCUT2D eigenvalue weighted by Crippen LogP contribution is 2.66. The van der Waals surface area contributed by atoms with Crippen LogP contribution in [0.5, 0.6) is 0 Å². The third-order valence-electron chi connectivity index (χ3n) is 11.9. The number of hydrogen-bond acceptors (Lipinski definition) is 7. The summed E-state index contributed by atoms with van der Waals surface area (Å²) in [4.78, 5) is 12.7. The molecule has 9 atom stereocenters. The Morgan fingerprint density at radius 3 is 2.90 bits per heavy atom. The van der Waals surface area contributed by atoms with Crippen LogP contribution in [-0.2, 0) is 4.84 Å². The lowest BCUT2D eigenvalue weighted by atomic mass is 9.47. The number of aliphatic hydroxyl groups excluding tert-OH is 2. The molecule has 0 aromatic carbocycles. The van der Waals surface area contributed by atoms with E-state index >= 15 is 0 Å². The second-order valence-electron chi connectivity index (χ2n) is 14.0. The zero-order valence-electron chi connectivity index (χ0n) is 24.8. The average molecular weight is 551 g/mol. The zero-order chi connectivity index (χ0) is 27.9. The summed E-state index contributed by atoms with van der Waals surface area (Å²) in [5, 5.41) is 29.2. The number of aliphatic hydroxyl groups is 2. The van der Waals surface area contributed by atoms with Crippen molar-refractivity contribution in [2.45, 2.75) is 90.4 Å². The molecule has 0 radical (unpaired) electrons. The van der Waals surface area contributed by atoms with E-state index < -0.39 is 6.10 Å². The van der Waals surface area contributed by atoms with E-state index in [2.05, 4.69) is 53.3 Å². The van der Waals surface area contributed by atoms with Gasteiger partial charge in [0, 0.05) is 38.3 Å². The number of aromatic nitrogens is 1. The van der Waals surface area contributed by atoms with Crippen molar-refractivity contribution < 1.29 is 15.1 Å². The summed E-state index contributed by atoms with van der Waals surface area (Å²) in [6.07, 6.45) is 12.8. The van der Waals surface area contributed by atoms with Crippen molar-refractivity contribution in [1.29, 1.82) is 0 Å². The van der Waals surface area contributed by atoms with Crippen LogP contribution in [0.1, 0.15) is 83.9 Å². The van der Waals surface area contributed by atoms with Gasteiger partial charge in [-0.1, -0.05) is 36.7 Å². The number of β-amino-alcohol motifs (C(OH)–C–C–N with tert-alkyl or cyclic N) is 1. The topological polar surface area (TPSA) is 90.2 Å². The lowest BCUT2D eigenvalue weighted by Gasteiger charge is -2.58. The Labute approximate surface area is 240 Å². The standard InChI is InChI=1S/C33H50N4O3/c1-22(36-40-21-25(39)20-37-17-16-34-19-31(37)30-6-4-5-15-35-30)27-9-10-28-26-8-7-23-18-24(38)11-13-32(23,2)29(26)12-14-33(27,28)3/h4-7,15,24-29,31,34,38-39H,8-14,16-21H2,1-3H3/t24-,25?,26-,27+,28-,29-,31?,32-,33+/m0/s1. The molecule has 0 amide bonds. The fourth-order valence-corrected chi connectivity index (χ4v) is 9.77. The molecule has 2 heterocycles. The van der Waals surface area contributed by atoms with Crippen LogP contribution in [0.25, 0.3) is 0 Å². The molecule has 7 heteroatoms. The highest BCUT2D eigenvalue weighted by Gasteiger charge is 2.59. The first-order chi connectivity index (χ1) is 19.3. The molecular formula is C33H50N4O3. The first-order valence-corrected chi connectivity index (χ1v) is 15.9. The molecule has 4 fully saturated rings. The van der Waals surface area contributed by atoms with Crippen LogP contribution in [0, 0.1) is 34.5 Å². The zero-order valence-corrected chi connectivity index (χ0v) is 24.8. The van der Waals surface area contributed by atoms with Gasteiger partial charge in [0.25, 0.3) is 0 Å². The van der Waals surface area contributed by atoms with E-state index in [1.807, 2.05) is 18.3 Å². The predicted octanol–water partition coefficient (Wildman–Crippen LogP) is 4.72. The number of oxime groups is 1. The molecule has 0 bridgehead atoms. The number of pyridine rings is 1. The monoisotopic (exact) mass is 550 g/mol. The van der Waals surface area contributed by atoms with Gasteiger partial charge in [-0.2, -0.15) is 0 Å². The molecule has 4 aliphatic carbocycles. The van der Waals surface area contributed by atoms with Crippen molar-refractivity contribution in [2.75, 3.05) is 32.8 Å². The number of rotatable bonds is 7. The fourth-order valence-electron chi connectivity index (χ4n) is 9.77. The van der Waals surface area contributed by atoms with Crippen molar-refractivity contribution in [3.8, 4) is 0 Å². The molecular weight excluding hydrogens is 500 g/mol. The van der Waals surface area contributed by atoms with Gasteiger partial charge in [0.05, 0.1) is 23.6 Å². The van der Waals surface area contributed by atoms with Gasteiger partial charge in [0.15, 0.2) is 0 Å². The smallest absolute Gasteiger partial charge is 0.144 e. The van der Waals surface area contributed by atoms with Gasteiger partial charge < -0.3 is 20.4 Å². The van der Waals surface area contributed by atoms with Crippen molar-refractivity contribution in [3.63, 3.8) is 0 Å². The third-order valence-corrected chi connectivity index (χ3v) is 11.9. The van der Waals surface area contributed by atoms with Gasteiger partial charge in [-0.05, 0) is 99.0 Å². The van der Waals surface area contributed by atoms with Crippen molar-refractivity contribution in [2.24, 2.45) is 39.7 Å². The largest absolute Gasteiger partial charge is 0.393 e. The quantitative estimate of drug-likeness (QED) is 0.259. The fraction of sp³-hybridized carbons (Fsp3) is 0.758. The maximum Gasteiger partial charge on any atom is 0.144 e. The van der Waals surface area contributed by atoms with Gasteiger partial charge in [0.1, 0.15) is 12.7 Å². The SMILES string of the molecule is CC(=NOCC(O)CN1CCNCC1c1ccccn1)[C@H]1CC[C@H]2[C@@H]3CC=C4C[C@@H](O)CC[C@]4(C)[C@H]3CC[C@]12C. The van der Waals surface area contributed by atoms with Gasteiger partial charge in [0.2, 0.25) is 0 Å². The Bertz CT molecular complexity index is 1090. The number of allylic oxidation sites excluding steroid dienone is 1. The summed E-state index contributed by atoms with van der Waals surface area (Å²) in [6.45, 7) is 10.6. The molecule has 1 saturated heterocycles. The molecule has 1 aliphatic heterocycles. The maximum absolute atomic E-state index is 10.8. The van der Waals surface area contributed by atoms with Gasteiger partial charge >= 0.3 is 0 Å². The second-order valence-corrected chi connectivity index (χ2v) is 14.0. The minimum Gasteiger partial charge on any atom is -0.393 e. The molecule has 1 aromatic heterocycles. The van der Waals surface area contributed by atoms with Crippen LogP contribution in [0.2, 0.25) is 0 Å². The lowest BCUT2D eigenvalue weighted by Crippen LogP contribution is -2.50. The number of fused-ring (bicyclic) bond motifs is 5.